The summed E-state index contributed by atoms with van der Waals surface area (Å²) >= 11 is 0. The highest BCUT2D eigenvalue weighted by Crippen LogP contribution is 2.44. The van der Waals surface area contributed by atoms with Crippen molar-refractivity contribution in [3.63, 3.8) is 0 Å². The molecule has 0 saturated carbocycles. The van der Waals surface area contributed by atoms with E-state index in [-0.39, 0.29) is 36.7 Å². The average molecular weight is 571 g/mol. The second-order valence-corrected chi connectivity index (χ2v) is 11.2. The third kappa shape index (κ3) is 6.75. The molecule has 0 fully saturated rings. The Balaban J connectivity index is 1.59. The van der Waals surface area contributed by atoms with Gasteiger partial charge in [0.2, 0.25) is 0 Å². The standard InChI is InChI=1S/C34H42N4O4/c1-7-42-32(39)16-28(26-10-11-31(36-6)33(35)23(26)5)24-9-8-20(2)25(14-24)19-38(34(40)41)18-22(4)27-15-29(27)30-17-37-13-12-21(30)3/h8-15,17,22,27-28,36H,7,16,18-19,35H2,1-6H3,(H,40,41)/t22-,27?,28?/m1/s1. The fourth-order valence-corrected chi connectivity index (χ4v) is 5.74. The summed E-state index contributed by atoms with van der Waals surface area (Å²) in [6.07, 6.45) is 5.06. The highest BCUT2D eigenvalue weighted by atomic mass is 16.5. The molecule has 8 heteroatoms. The number of nitrogens with one attached hydrogen (secondary N) is 1. The maximum absolute atomic E-state index is 12.7. The van der Waals surface area contributed by atoms with Crippen molar-refractivity contribution in [2.75, 3.05) is 31.2 Å². The van der Waals surface area contributed by atoms with Gasteiger partial charge in [-0.15, -0.1) is 0 Å². The van der Waals surface area contributed by atoms with Gasteiger partial charge >= 0.3 is 12.1 Å². The number of hydrogen-bond donors (Lipinski definition) is 3. The fourth-order valence-electron chi connectivity index (χ4n) is 5.74. The maximum Gasteiger partial charge on any atom is 0.407 e. The summed E-state index contributed by atoms with van der Waals surface area (Å²) in [5, 5.41) is 13.3. The molecule has 3 aromatic rings. The van der Waals surface area contributed by atoms with Crippen LogP contribution in [-0.4, -0.2) is 47.3 Å². The number of pyridine rings is 1. The van der Waals surface area contributed by atoms with Crippen LogP contribution in [-0.2, 0) is 16.1 Å². The van der Waals surface area contributed by atoms with Gasteiger partial charge in [0.1, 0.15) is 0 Å². The zero-order valence-electron chi connectivity index (χ0n) is 25.4. The zero-order valence-corrected chi connectivity index (χ0v) is 25.4. The SMILES string of the molecule is CCOC(=O)CC(c1ccc(C)c(CN(C[C@@H](C)C2C=C2c2cnccc2C)C(=O)O)c1)c1ccc(NC)c(N)c1C. The number of carboxylic acid groups (broad SMARTS) is 1. The van der Waals surface area contributed by atoms with Crippen molar-refractivity contribution in [2.24, 2.45) is 11.8 Å². The van der Waals surface area contributed by atoms with Crippen molar-refractivity contribution >= 4 is 29.0 Å². The van der Waals surface area contributed by atoms with Crippen LogP contribution >= 0.6 is 0 Å². The molecule has 3 atom stereocenters. The van der Waals surface area contributed by atoms with Gasteiger partial charge in [-0.05, 0) is 90.3 Å². The normalized spacial score (nSPS) is 15.4. The van der Waals surface area contributed by atoms with E-state index in [9.17, 15) is 14.7 Å². The summed E-state index contributed by atoms with van der Waals surface area (Å²) < 4.78 is 5.32. The Kier molecular flexibility index (Phi) is 9.55. The minimum Gasteiger partial charge on any atom is -0.466 e. The molecule has 1 aliphatic rings. The van der Waals surface area contributed by atoms with Crippen molar-refractivity contribution in [1.29, 1.82) is 0 Å². The zero-order chi connectivity index (χ0) is 30.6. The number of allylic oxidation sites excluding steroid dienone is 2. The number of hydrogen-bond acceptors (Lipinski definition) is 6. The van der Waals surface area contributed by atoms with Crippen LogP contribution in [0.5, 0.6) is 0 Å². The molecule has 2 aromatic carbocycles. The van der Waals surface area contributed by atoms with Crippen molar-refractivity contribution in [1.82, 2.24) is 9.88 Å². The topological polar surface area (TPSA) is 118 Å². The molecular weight excluding hydrogens is 528 g/mol. The molecule has 1 aliphatic carbocycles. The number of nitrogen functional groups attached to an aromatic ring is 1. The number of carbonyl (C=O) groups excluding carboxylic acids is 1. The molecule has 1 aromatic heterocycles. The van der Waals surface area contributed by atoms with E-state index in [1.165, 1.54) is 16.0 Å². The van der Waals surface area contributed by atoms with Gasteiger partial charge in [-0.2, -0.15) is 0 Å². The van der Waals surface area contributed by atoms with Gasteiger partial charge in [0, 0.05) is 44.4 Å². The number of nitrogens with two attached hydrogens (primary N) is 1. The van der Waals surface area contributed by atoms with Crippen LogP contribution in [0.15, 0.2) is 54.9 Å². The summed E-state index contributed by atoms with van der Waals surface area (Å²) in [6, 6.07) is 12.0. The first kappa shape index (κ1) is 30.6. The molecule has 222 valence electrons. The van der Waals surface area contributed by atoms with Gasteiger partial charge in [-0.25, -0.2) is 4.79 Å². The number of aryl methyl sites for hydroxylation is 2. The molecule has 1 amide bonds. The Morgan fingerprint density at radius 3 is 2.57 bits per heavy atom. The third-order valence-corrected chi connectivity index (χ3v) is 8.37. The lowest BCUT2D eigenvalue weighted by Crippen LogP contribution is -2.34. The number of esters is 1. The maximum atomic E-state index is 12.7. The number of ether oxygens (including phenoxy) is 1. The number of aromatic nitrogens is 1. The summed E-state index contributed by atoms with van der Waals surface area (Å²) in [6.45, 7) is 10.8. The van der Waals surface area contributed by atoms with Crippen LogP contribution in [0.4, 0.5) is 16.2 Å². The van der Waals surface area contributed by atoms with E-state index in [2.05, 4.69) is 30.2 Å². The van der Waals surface area contributed by atoms with Crippen LogP contribution in [0.25, 0.3) is 5.57 Å². The second-order valence-electron chi connectivity index (χ2n) is 11.2. The summed E-state index contributed by atoms with van der Waals surface area (Å²) in [5.74, 6) is -0.246. The number of rotatable bonds is 12. The monoisotopic (exact) mass is 570 g/mol. The molecule has 0 radical (unpaired) electrons. The molecule has 42 heavy (non-hydrogen) atoms. The molecule has 0 saturated heterocycles. The summed E-state index contributed by atoms with van der Waals surface area (Å²) in [4.78, 5) is 30.9. The predicted molar refractivity (Wildman–Crippen MR) is 167 cm³/mol. The van der Waals surface area contributed by atoms with Crippen LogP contribution < -0.4 is 11.1 Å². The molecule has 0 aliphatic heterocycles. The van der Waals surface area contributed by atoms with Crippen LogP contribution in [0.2, 0.25) is 0 Å². The number of amides is 1. The Hall–Kier alpha value is -4.33. The molecule has 4 rings (SSSR count). The van der Waals surface area contributed by atoms with Crippen molar-refractivity contribution in [2.45, 2.75) is 53.5 Å². The van der Waals surface area contributed by atoms with Gasteiger partial charge in [-0.1, -0.05) is 37.3 Å². The predicted octanol–water partition coefficient (Wildman–Crippen LogP) is 6.55. The largest absolute Gasteiger partial charge is 0.466 e. The Morgan fingerprint density at radius 1 is 1.14 bits per heavy atom. The lowest BCUT2D eigenvalue weighted by Gasteiger charge is -2.26. The Bertz CT molecular complexity index is 1500. The summed E-state index contributed by atoms with van der Waals surface area (Å²) in [5.41, 5.74) is 16.1. The van der Waals surface area contributed by atoms with E-state index in [0.717, 1.165) is 39.1 Å². The quantitative estimate of drug-likeness (QED) is 0.167. The number of nitrogens with zero attached hydrogens (tertiary/aromatic N) is 2. The van der Waals surface area contributed by atoms with E-state index in [0.29, 0.717) is 18.8 Å². The first-order valence-corrected chi connectivity index (χ1v) is 14.5. The molecule has 2 unspecified atom stereocenters. The Morgan fingerprint density at radius 2 is 1.90 bits per heavy atom. The van der Waals surface area contributed by atoms with Crippen LogP contribution in [0.1, 0.15) is 65.1 Å². The van der Waals surface area contributed by atoms with Gasteiger partial charge < -0.3 is 25.8 Å². The van der Waals surface area contributed by atoms with Crippen molar-refractivity contribution in [3.05, 3.63) is 93.8 Å². The molecule has 4 N–H and O–H groups in total. The van der Waals surface area contributed by atoms with Gasteiger partial charge in [0.05, 0.1) is 24.4 Å². The van der Waals surface area contributed by atoms with E-state index in [4.69, 9.17) is 10.5 Å². The minimum atomic E-state index is -0.958. The van der Waals surface area contributed by atoms with Crippen molar-refractivity contribution in [3.8, 4) is 0 Å². The highest BCUT2D eigenvalue weighted by molar-refractivity contribution is 5.82. The smallest absolute Gasteiger partial charge is 0.407 e. The highest BCUT2D eigenvalue weighted by Gasteiger charge is 2.34. The van der Waals surface area contributed by atoms with Crippen LogP contribution in [0, 0.1) is 32.6 Å². The van der Waals surface area contributed by atoms with E-state index < -0.39 is 6.09 Å². The summed E-state index contributed by atoms with van der Waals surface area (Å²) in [7, 11) is 1.82. The molecule has 0 bridgehead atoms. The van der Waals surface area contributed by atoms with E-state index in [1.807, 2.05) is 63.5 Å². The average Bonchev–Trinajstić information content (AvgIpc) is 3.75. The first-order valence-electron chi connectivity index (χ1n) is 14.5. The van der Waals surface area contributed by atoms with Gasteiger partial charge in [-0.3, -0.25) is 9.78 Å². The van der Waals surface area contributed by atoms with Gasteiger partial charge in [0.25, 0.3) is 0 Å². The molecule has 8 nitrogen and oxygen atoms in total. The minimum absolute atomic E-state index is 0.118. The van der Waals surface area contributed by atoms with E-state index >= 15 is 0 Å². The van der Waals surface area contributed by atoms with Gasteiger partial charge in [0.15, 0.2) is 0 Å². The molecule has 0 spiro atoms. The third-order valence-electron chi connectivity index (χ3n) is 8.37. The fraction of sp³-hybridized carbons (Fsp3) is 0.382. The number of benzene rings is 2. The van der Waals surface area contributed by atoms with E-state index in [1.54, 1.807) is 13.1 Å². The second kappa shape index (κ2) is 13.1. The van der Waals surface area contributed by atoms with Crippen LogP contribution in [0.3, 0.4) is 0 Å². The van der Waals surface area contributed by atoms with Crippen molar-refractivity contribution < 1.29 is 19.4 Å². The lowest BCUT2D eigenvalue weighted by atomic mass is 9.84. The number of carbonyl (C=O) groups is 2. The Labute approximate surface area is 248 Å². The molecular formula is C34H42N4O4. The first-order chi connectivity index (χ1) is 20.0. The lowest BCUT2D eigenvalue weighted by molar-refractivity contribution is -0.143. The number of anilines is 2. The molecule has 1 heterocycles.